The molecule has 25 heavy (non-hydrogen) atoms. The summed E-state index contributed by atoms with van der Waals surface area (Å²) in [5.41, 5.74) is 5.65. The molecule has 1 rings (SSSR count). The Bertz CT molecular complexity index is 653. The van der Waals surface area contributed by atoms with E-state index < -0.39 is 27.9 Å². The van der Waals surface area contributed by atoms with Crippen molar-refractivity contribution in [2.24, 2.45) is 11.7 Å². The molecule has 5 N–H and O–H groups in total. The van der Waals surface area contributed by atoms with E-state index in [1.54, 1.807) is 18.2 Å². The average Bonchev–Trinajstić information content (AvgIpc) is 2.56. The normalized spacial score (nSPS) is 12.2. The molecule has 1 atom stereocenters. The number of halogens is 1. The molecular weight excluding hydrogens is 368 g/mol. The fourth-order valence-corrected chi connectivity index (χ4v) is 2.77. The van der Waals surface area contributed by atoms with E-state index in [9.17, 15) is 18.0 Å². The van der Waals surface area contributed by atoms with E-state index in [2.05, 4.69) is 15.4 Å². The van der Waals surface area contributed by atoms with Crippen LogP contribution in [-0.4, -0.2) is 45.9 Å². The van der Waals surface area contributed by atoms with Crippen molar-refractivity contribution in [1.82, 2.24) is 15.4 Å². The van der Waals surface area contributed by atoms with Gasteiger partial charge in [0.1, 0.15) is 0 Å². The van der Waals surface area contributed by atoms with Crippen LogP contribution in [0.15, 0.2) is 35.2 Å². The highest BCUT2D eigenvalue weighted by atomic mass is 35.5. The van der Waals surface area contributed by atoms with Crippen LogP contribution in [0.3, 0.4) is 0 Å². The van der Waals surface area contributed by atoms with Gasteiger partial charge in [0.15, 0.2) is 0 Å². The maximum absolute atomic E-state index is 11.9. The third kappa shape index (κ3) is 8.30. The minimum Gasteiger partial charge on any atom is -0.353 e. The number of carbonyl (C=O) groups excluding carboxylic acids is 2. The third-order valence-electron chi connectivity index (χ3n) is 3.24. The van der Waals surface area contributed by atoms with Gasteiger partial charge in [0, 0.05) is 13.1 Å². The van der Waals surface area contributed by atoms with E-state index in [1.165, 1.54) is 12.1 Å². The lowest BCUT2D eigenvalue weighted by Gasteiger charge is -2.15. The van der Waals surface area contributed by atoms with E-state index >= 15 is 0 Å². The zero-order valence-electron chi connectivity index (χ0n) is 14.2. The predicted octanol–water partition coefficient (Wildman–Crippen LogP) is -0.398. The first-order chi connectivity index (χ1) is 11.2. The molecule has 0 aromatic heterocycles. The summed E-state index contributed by atoms with van der Waals surface area (Å²) in [6.07, 6.45) is 0. The molecule has 1 aromatic rings. The van der Waals surface area contributed by atoms with Gasteiger partial charge in [-0.15, -0.1) is 12.4 Å². The van der Waals surface area contributed by atoms with Crippen LogP contribution in [0.5, 0.6) is 0 Å². The van der Waals surface area contributed by atoms with Crippen molar-refractivity contribution in [2.75, 3.05) is 19.6 Å². The molecule has 0 spiro atoms. The fourth-order valence-electron chi connectivity index (χ4n) is 1.72. The summed E-state index contributed by atoms with van der Waals surface area (Å²) in [5, 5.41) is 4.94. The van der Waals surface area contributed by atoms with E-state index in [0.717, 1.165) is 0 Å². The van der Waals surface area contributed by atoms with Gasteiger partial charge in [-0.25, -0.2) is 13.1 Å². The molecule has 0 unspecified atom stereocenters. The Morgan fingerprint density at radius 1 is 1.08 bits per heavy atom. The Balaban J connectivity index is 0.00000576. The number of hydrogen-bond donors (Lipinski definition) is 4. The van der Waals surface area contributed by atoms with Crippen molar-refractivity contribution in [3.8, 4) is 0 Å². The Morgan fingerprint density at radius 3 is 2.24 bits per heavy atom. The summed E-state index contributed by atoms with van der Waals surface area (Å²) in [6, 6.07) is 7.26. The summed E-state index contributed by atoms with van der Waals surface area (Å²) >= 11 is 0. The van der Waals surface area contributed by atoms with Crippen molar-refractivity contribution >= 4 is 34.2 Å². The quantitative estimate of drug-likeness (QED) is 0.425. The maximum Gasteiger partial charge on any atom is 0.240 e. The second kappa shape index (κ2) is 11.0. The Morgan fingerprint density at radius 2 is 1.68 bits per heavy atom. The lowest BCUT2D eigenvalue weighted by Crippen LogP contribution is -2.47. The summed E-state index contributed by atoms with van der Waals surface area (Å²) < 4.78 is 26.3. The molecular formula is C15H25ClN4O4S. The summed E-state index contributed by atoms with van der Waals surface area (Å²) in [7, 11) is -3.59. The number of benzene rings is 1. The van der Waals surface area contributed by atoms with Gasteiger partial charge in [0.2, 0.25) is 21.8 Å². The Kier molecular flexibility index (Phi) is 10.3. The minimum atomic E-state index is -3.59. The first kappa shape index (κ1) is 23.3. The van der Waals surface area contributed by atoms with Gasteiger partial charge in [-0.2, -0.15) is 0 Å². The van der Waals surface area contributed by atoms with E-state index in [-0.39, 0.29) is 42.9 Å². The maximum atomic E-state index is 11.9. The van der Waals surface area contributed by atoms with Gasteiger partial charge < -0.3 is 16.4 Å². The lowest BCUT2D eigenvalue weighted by atomic mass is 10.1. The molecule has 0 radical (unpaired) electrons. The lowest BCUT2D eigenvalue weighted by molar-refractivity contribution is -0.127. The van der Waals surface area contributed by atoms with Crippen molar-refractivity contribution in [1.29, 1.82) is 0 Å². The van der Waals surface area contributed by atoms with Gasteiger partial charge in [0.05, 0.1) is 17.5 Å². The molecule has 0 saturated heterocycles. The summed E-state index contributed by atoms with van der Waals surface area (Å²) in [4.78, 5) is 23.3. The largest absolute Gasteiger partial charge is 0.353 e. The molecule has 142 valence electrons. The standard InChI is InChI=1S/C15H24N4O4S.ClH/c1-11(2)14(16)15(21)18-10-13(20)17-8-9-19-24(22,23)12-6-4-3-5-7-12;/h3-7,11,14,19H,8-10,16H2,1-2H3,(H,17,20)(H,18,21);1H/t14-;/m0./s1. The highest BCUT2D eigenvalue weighted by Crippen LogP contribution is 2.06. The number of hydrogen-bond acceptors (Lipinski definition) is 5. The summed E-state index contributed by atoms with van der Waals surface area (Å²) in [5.74, 6) is -0.844. The second-order valence-corrected chi connectivity index (χ2v) is 7.32. The van der Waals surface area contributed by atoms with Gasteiger partial charge in [0.25, 0.3) is 0 Å². The van der Waals surface area contributed by atoms with Crippen LogP contribution in [0.1, 0.15) is 13.8 Å². The number of amides is 2. The van der Waals surface area contributed by atoms with E-state index in [4.69, 9.17) is 5.73 Å². The van der Waals surface area contributed by atoms with Gasteiger partial charge >= 0.3 is 0 Å². The number of rotatable bonds is 9. The molecule has 2 amide bonds. The van der Waals surface area contributed by atoms with E-state index in [1.807, 2.05) is 13.8 Å². The third-order valence-corrected chi connectivity index (χ3v) is 4.71. The predicted molar refractivity (Wildman–Crippen MR) is 97.7 cm³/mol. The fraction of sp³-hybridized carbons (Fsp3) is 0.467. The number of nitrogens with two attached hydrogens (primary N) is 1. The van der Waals surface area contributed by atoms with Crippen molar-refractivity contribution < 1.29 is 18.0 Å². The van der Waals surface area contributed by atoms with Crippen molar-refractivity contribution in [3.63, 3.8) is 0 Å². The van der Waals surface area contributed by atoms with Crippen molar-refractivity contribution in [3.05, 3.63) is 30.3 Å². The van der Waals surface area contributed by atoms with Crippen LogP contribution in [0, 0.1) is 5.92 Å². The molecule has 1 aromatic carbocycles. The molecule has 0 bridgehead atoms. The highest BCUT2D eigenvalue weighted by molar-refractivity contribution is 7.89. The number of nitrogens with one attached hydrogen (secondary N) is 3. The monoisotopic (exact) mass is 392 g/mol. The first-order valence-electron chi connectivity index (χ1n) is 7.58. The molecule has 0 fully saturated rings. The number of carbonyl (C=O) groups is 2. The van der Waals surface area contributed by atoms with Gasteiger partial charge in [-0.3, -0.25) is 9.59 Å². The first-order valence-corrected chi connectivity index (χ1v) is 9.07. The van der Waals surface area contributed by atoms with Crippen LogP contribution < -0.4 is 21.1 Å². The molecule has 0 aliphatic heterocycles. The van der Waals surface area contributed by atoms with Crippen molar-refractivity contribution in [2.45, 2.75) is 24.8 Å². The van der Waals surface area contributed by atoms with Gasteiger partial charge in [-0.1, -0.05) is 32.0 Å². The van der Waals surface area contributed by atoms with Crippen LogP contribution in [-0.2, 0) is 19.6 Å². The average molecular weight is 393 g/mol. The zero-order chi connectivity index (χ0) is 18.2. The molecule has 0 aliphatic carbocycles. The molecule has 0 aliphatic rings. The molecule has 8 nitrogen and oxygen atoms in total. The SMILES string of the molecule is CC(C)[C@H](N)C(=O)NCC(=O)NCCNS(=O)(=O)c1ccccc1.Cl. The van der Waals surface area contributed by atoms with Crippen LogP contribution in [0.4, 0.5) is 0 Å². The molecule has 0 heterocycles. The minimum absolute atomic E-state index is 0. The Hall–Kier alpha value is -1.68. The zero-order valence-corrected chi connectivity index (χ0v) is 15.8. The van der Waals surface area contributed by atoms with Crippen LogP contribution >= 0.6 is 12.4 Å². The van der Waals surface area contributed by atoms with Gasteiger partial charge in [-0.05, 0) is 18.1 Å². The number of sulfonamides is 1. The topological polar surface area (TPSA) is 130 Å². The second-order valence-electron chi connectivity index (χ2n) is 5.55. The molecule has 10 heteroatoms. The van der Waals surface area contributed by atoms with Crippen LogP contribution in [0.25, 0.3) is 0 Å². The highest BCUT2D eigenvalue weighted by Gasteiger charge is 2.17. The summed E-state index contributed by atoms with van der Waals surface area (Å²) in [6.45, 7) is 3.57. The van der Waals surface area contributed by atoms with Crippen LogP contribution in [0.2, 0.25) is 0 Å². The molecule has 0 saturated carbocycles. The Labute approximate surface area is 154 Å². The van der Waals surface area contributed by atoms with E-state index in [0.29, 0.717) is 0 Å². The smallest absolute Gasteiger partial charge is 0.240 e.